The average molecular weight is 641 g/mol. The van der Waals surface area contributed by atoms with Gasteiger partial charge in [-0.25, -0.2) is 0 Å². The molecule has 2 fully saturated rings. The molecule has 0 spiro atoms. The summed E-state index contributed by atoms with van der Waals surface area (Å²) >= 11 is 0. The molecular weight excluding hydrogens is 596 g/mol. The van der Waals surface area contributed by atoms with Crippen molar-refractivity contribution < 1.29 is 28.6 Å². The van der Waals surface area contributed by atoms with Crippen molar-refractivity contribution in [2.24, 2.45) is 0 Å². The molecule has 47 heavy (non-hydrogen) atoms. The third-order valence-electron chi connectivity index (χ3n) is 9.69. The predicted octanol–water partition coefficient (Wildman–Crippen LogP) is 5.00. The molecular formula is C37H44N4O6. The second-order valence-electron chi connectivity index (χ2n) is 12.4. The summed E-state index contributed by atoms with van der Waals surface area (Å²) in [4.78, 5) is 47.1. The number of amides is 3. The average Bonchev–Trinajstić information content (AvgIpc) is 3.75. The van der Waals surface area contributed by atoms with Crippen molar-refractivity contribution in [3.05, 3.63) is 89.0 Å². The number of nitrogens with one attached hydrogen (secondary N) is 1. The van der Waals surface area contributed by atoms with E-state index in [1.165, 1.54) is 10.5 Å². The summed E-state index contributed by atoms with van der Waals surface area (Å²) < 4.78 is 16.5. The molecule has 6 rings (SSSR count). The van der Waals surface area contributed by atoms with Crippen molar-refractivity contribution in [1.82, 2.24) is 15.1 Å². The quantitative estimate of drug-likeness (QED) is 0.218. The van der Waals surface area contributed by atoms with Crippen LogP contribution < -0.4 is 19.7 Å². The first kappa shape index (κ1) is 32.5. The van der Waals surface area contributed by atoms with Crippen LogP contribution in [0.25, 0.3) is 0 Å². The lowest BCUT2D eigenvalue weighted by Gasteiger charge is -2.39. The van der Waals surface area contributed by atoms with Crippen LogP contribution >= 0.6 is 0 Å². The second kappa shape index (κ2) is 14.6. The molecule has 2 unspecified atom stereocenters. The first-order valence-electron chi connectivity index (χ1n) is 16.6. The first-order chi connectivity index (χ1) is 22.9. The summed E-state index contributed by atoms with van der Waals surface area (Å²) in [6, 6.07) is 21.3. The van der Waals surface area contributed by atoms with E-state index >= 15 is 0 Å². The van der Waals surface area contributed by atoms with Gasteiger partial charge in [0.2, 0.25) is 5.91 Å². The lowest BCUT2D eigenvalue weighted by Crippen LogP contribution is -2.47. The Morgan fingerprint density at radius 1 is 0.915 bits per heavy atom. The van der Waals surface area contributed by atoms with Gasteiger partial charge in [0, 0.05) is 45.4 Å². The highest BCUT2D eigenvalue weighted by atomic mass is 16.5. The van der Waals surface area contributed by atoms with Crippen molar-refractivity contribution in [2.75, 3.05) is 58.5 Å². The number of benzene rings is 3. The van der Waals surface area contributed by atoms with Gasteiger partial charge in [-0.3, -0.25) is 24.2 Å². The van der Waals surface area contributed by atoms with Crippen LogP contribution in [0.4, 0.5) is 5.69 Å². The Bertz CT molecular complexity index is 1580. The highest BCUT2D eigenvalue weighted by Gasteiger charge is 2.43. The van der Waals surface area contributed by atoms with Gasteiger partial charge in [-0.1, -0.05) is 42.5 Å². The summed E-state index contributed by atoms with van der Waals surface area (Å²) in [6.45, 7) is 6.42. The number of rotatable bonds is 12. The molecule has 2 saturated heterocycles. The van der Waals surface area contributed by atoms with E-state index in [2.05, 4.69) is 46.3 Å². The van der Waals surface area contributed by atoms with Crippen LogP contribution in [0.3, 0.4) is 0 Å². The van der Waals surface area contributed by atoms with Crippen LogP contribution in [-0.2, 0) is 9.53 Å². The molecule has 10 heteroatoms. The molecule has 0 bridgehead atoms. The Kier molecular flexibility index (Phi) is 10.1. The van der Waals surface area contributed by atoms with E-state index in [-0.39, 0.29) is 23.8 Å². The highest BCUT2D eigenvalue weighted by molar-refractivity contribution is 6.24. The molecule has 3 aliphatic rings. The molecule has 3 atom stereocenters. The van der Waals surface area contributed by atoms with Crippen LogP contribution in [0.1, 0.15) is 76.5 Å². The van der Waals surface area contributed by atoms with Crippen molar-refractivity contribution in [3.8, 4) is 11.5 Å². The van der Waals surface area contributed by atoms with Crippen LogP contribution in [0.5, 0.6) is 11.5 Å². The minimum Gasteiger partial charge on any atom is -0.493 e. The van der Waals surface area contributed by atoms with Crippen LogP contribution in [0.2, 0.25) is 0 Å². The molecule has 3 aliphatic heterocycles. The molecule has 248 valence electrons. The van der Waals surface area contributed by atoms with Crippen molar-refractivity contribution in [2.45, 2.75) is 50.8 Å². The Hall–Kier alpha value is -4.41. The summed E-state index contributed by atoms with van der Waals surface area (Å²) in [5, 5.41) is 2.97. The molecule has 0 aliphatic carbocycles. The maximum absolute atomic E-state index is 14.4. The molecule has 3 aromatic carbocycles. The van der Waals surface area contributed by atoms with Crippen molar-refractivity contribution >= 4 is 23.4 Å². The minimum atomic E-state index is -0.571. The topological polar surface area (TPSA) is 101 Å². The minimum absolute atomic E-state index is 0.117. The van der Waals surface area contributed by atoms with Gasteiger partial charge in [0.25, 0.3) is 11.8 Å². The highest BCUT2D eigenvalue weighted by Crippen LogP contribution is 2.40. The van der Waals surface area contributed by atoms with Crippen molar-refractivity contribution in [1.29, 1.82) is 0 Å². The van der Waals surface area contributed by atoms with E-state index in [0.29, 0.717) is 48.6 Å². The zero-order chi connectivity index (χ0) is 32.9. The zero-order valence-corrected chi connectivity index (χ0v) is 27.4. The maximum Gasteiger partial charge on any atom is 0.264 e. The second-order valence-corrected chi connectivity index (χ2v) is 12.4. The monoisotopic (exact) mass is 640 g/mol. The van der Waals surface area contributed by atoms with Gasteiger partial charge in [-0.15, -0.1) is 0 Å². The Balaban J connectivity index is 1.22. The fourth-order valence-corrected chi connectivity index (χ4v) is 7.03. The van der Waals surface area contributed by atoms with Crippen molar-refractivity contribution in [3.63, 3.8) is 0 Å². The number of imide groups is 1. The Labute approximate surface area is 276 Å². The van der Waals surface area contributed by atoms with E-state index in [1.54, 1.807) is 26.4 Å². The Morgan fingerprint density at radius 2 is 1.68 bits per heavy atom. The molecule has 0 saturated carbocycles. The number of methoxy groups -OCH3 is 2. The van der Waals surface area contributed by atoms with Gasteiger partial charge in [-0.05, 0) is 68.0 Å². The summed E-state index contributed by atoms with van der Waals surface area (Å²) in [7, 11) is 3.13. The zero-order valence-electron chi connectivity index (χ0n) is 27.4. The van der Waals surface area contributed by atoms with Crippen LogP contribution in [-0.4, -0.2) is 87.2 Å². The standard InChI is InChI=1S/C37H44N4O6/c1-25(26-10-5-4-6-11-26)39-19-21-40(22-20-39)30-13-7-12-28-34(30)37(44)41(36(28)43)29(27-16-17-31(45-2)33(24-27)46-3)14-8-18-38-35(42)32-15-9-23-47-32/h4-7,10-13,16-17,24-25,29,32H,8-9,14-15,18-23H2,1-3H3,(H,38,42)/t25?,29?,32-/m1/s1. The number of carbonyl (C=O) groups is 3. The van der Waals surface area contributed by atoms with Gasteiger partial charge in [-0.2, -0.15) is 0 Å². The smallest absolute Gasteiger partial charge is 0.264 e. The predicted molar refractivity (Wildman–Crippen MR) is 179 cm³/mol. The number of ether oxygens (including phenoxy) is 3. The maximum atomic E-state index is 14.4. The van der Waals surface area contributed by atoms with Gasteiger partial charge in [0.05, 0.1) is 37.1 Å². The third kappa shape index (κ3) is 6.71. The SMILES string of the molecule is COc1ccc(C(CCCNC(=O)[C@H]2CCCO2)N2C(=O)c3cccc(N4CCN(C(C)c5ccccc5)CC4)c3C2=O)cc1OC. The van der Waals surface area contributed by atoms with Gasteiger partial charge in [0.1, 0.15) is 6.10 Å². The molecule has 3 amide bonds. The fourth-order valence-electron chi connectivity index (χ4n) is 7.03. The number of anilines is 1. The number of hydrogen-bond acceptors (Lipinski definition) is 8. The normalized spacial score (nSPS) is 19.4. The lowest BCUT2D eigenvalue weighted by atomic mass is 9.99. The number of fused-ring (bicyclic) bond motifs is 1. The van der Waals surface area contributed by atoms with E-state index < -0.39 is 12.1 Å². The van der Waals surface area contributed by atoms with Gasteiger partial charge in [0.15, 0.2) is 11.5 Å². The fraction of sp³-hybridized carbons (Fsp3) is 0.432. The van der Waals surface area contributed by atoms with Crippen LogP contribution in [0.15, 0.2) is 66.7 Å². The third-order valence-corrected chi connectivity index (χ3v) is 9.69. The Morgan fingerprint density at radius 3 is 2.38 bits per heavy atom. The van der Waals surface area contributed by atoms with Gasteiger partial charge < -0.3 is 24.4 Å². The van der Waals surface area contributed by atoms with E-state index in [0.717, 1.165) is 50.3 Å². The largest absolute Gasteiger partial charge is 0.493 e. The molecule has 0 radical (unpaired) electrons. The molecule has 3 heterocycles. The van der Waals surface area contributed by atoms with E-state index in [1.807, 2.05) is 30.3 Å². The summed E-state index contributed by atoms with van der Waals surface area (Å²) in [5.74, 6) is 0.342. The molecule has 3 aromatic rings. The van der Waals surface area contributed by atoms with E-state index in [9.17, 15) is 14.4 Å². The lowest BCUT2D eigenvalue weighted by molar-refractivity contribution is -0.130. The van der Waals surface area contributed by atoms with Crippen LogP contribution in [0, 0.1) is 0 Å². The number of carbonyl (C=O) groups excluding carboxylic acids is 3. The summed E-state index contributed by atoms with van der Waals surface area (Å²) in [6.07, 6.45) is 2.20. The van der Waals surface area contributed by atoms with Gasteiger partial charge >= 0.3 is 0 Å². The number of hydrogen-bond donors (Lipinski definition) is 1. The number of piperazine rings is 1. The first-order valence-corrected chi connectivity index (χ1v) is 16.6. The molecule has 10 nitrogen and oxygen atoms in total. The molecule has 1 N–H and O–H groups in total. The molecule has 0 aromatic heterocycles. The number of nitrogens with zero attached hydrogens (tertiary/aromatic N) is 3. The van der Waals surface area contributed by atoms with E-state index in [4.69, 9.17) is 14.2 Å². The summed E-state index contributed by atoms with van der Waals surface area (Å²) in [5.41, 5.74) is 3.72.